The Bertz CT molecular complexity index is 1510. The first-order valence-corrected chi connectivity index (χ1v) is 17.7. The Labute approximate surface area is 309 Å². The van der Waals surface area contributed by atoms with Crippen molar-refractivity contribution < 1.29 is 38.1 Å². The third-order valence-corrected chi connectivity index (χ3v) is 11.8. The van der Waals surface area contributed by atoms with Crippen molar-refractivity contribution in [2.45, 2.75) is 67.2 Å². The lowest BCUT2D eigenvalue weighted by atomic mass is 9.57. The summed E-state index contributed by atoms with van der Waals surface area (Å²) in [6.45, 7) is 12.6. The van der Waals surface area contributed by atoms with Crippen molar-refractivity contribution in [3.63, 3.8) is 0 Å². The van der Waals surface area contributed by atoms with Crippen LogP contribution in [0, 0.1) is 34.5 Å². The predicted molar refractivity (Wildman–Crippen MR) is 186 cm³/mol. The Morgan fingerprint density at radius 2 is 0.938 bits per heavy atom. The molecule has 0 bridgehead atoms. The molecule has 2 saturated carbocycles. The van der Waals surface area contributed by atoms with Gasteiger partial charge >= 0.3 is 23.9 Å². The van der Waals surface area contributed by atoms with Gasteiger partial charge in [0.1, 0.15) is 11.1 Å². The van der Waals surface area contributed by atoms with E-state index in [4.69, 9.17) is 88.6 Å². The first kappa shape index (κ1) is 38.9. The van der Waals surface area contributed by atoms with E-state index in [1.54, 1.807) is 0 Å². The quantitative estimate of drug-likeness (QED) is 0.101. The van der Waals surface area contributed by atoms with Gasteiger partial charge in [-0.15, -0.1) is 0 Å². The van der Waals surface area contributed by atoms with E-state index in [2.05, 4.69) is 13.8 Å². The zero-order valence-electron chi connectivity index (χ0n) is 27.2. The molecule has 0 atom stereocenters. The number of carbonyl (C=O) groups excluding carboxylic acids is 4. The van der Waals surface area contributed by atoms with E-state index in [0.29, 0.717) is 11.8 Å². The monoisotopic (exact) mass is 782 g/mol. The fraction of sp³-hybridized carbons (Fsp3) is 0.529. The minimum absolute atomic E-state index is 0.0791. The summed E-state index contributed by atoms with van der Waals surface area (Å²) in [7, 11) is 0. The molecule has 0 aromatic heterocycles. The summed E-state index contributed by atoms with van der Waals surface area (Å²) in [5, 5.41) is -1.47. The van der Waals surface area contributed by atoms with Gasteiger partial charge in [-0.3, -0.25) is 0 Å². The molecule has 2 aliphatic carbocycles. The van der Waals surface area contributed by atoms with E-state index in [0.717, 1.165) is 37.8 Å². The highest BCUT2D eigenvalue weighted by molar-refractivity contribution is 6.47. The molecule has 2 fully saturated rings. The Balaban J connectivity index is 1.56. The number of ether oxygens (including phenoxy) is 4. The minimum Gasteiger partial charge on any atom is -0.461 e. The first-order chi connectivity index (χ1) is 22.3. The van der Waals surface area contributed by atoms with E-state index in [1.165, 1.54) is 0 Å². The van der Waals surface area contributed by atoms with Gasteiger partial charge < -0.3 is 18.9 Å². The van der Waals surface area contributed by atoms with Crippen LogP contribution in [0.5, 0.6) is 11.5 Å². The van der Waals surface area contributed by atoms with Crippen molar-refractivity contribution in [3.8, 4) is 11.5 Å². The van der Waals surface area contributed by atoms with Crippen molar-refractivity contribution >= 4 is 93.5 Å². The van der Waals surface area contributed by atoms with Crippen molar-refractivity contribution in [2.75, 3.05) is 13.2 Å². The Kier molecular flexibility index (Phi) is 12.2. The van der Waals surface area contributed by atoms with Gasteiger partial charge in [0, 0.05) is 10.8 Å². The van der Waals surface area contributed by atoms with Crippen LogP contribution in [-0.2, 0) is 19.1 Å². The average Bonchev–Trinajstić information content (AvgIpc) is 2.97. The molecular weight excluding hydrogens is 749 g/mol. The summed E-state index contributed by atoms with van der Waals surface area (Å²) >= 11 is 37.7. The average molecular weight is 785 g/mol. The molecule has 2 aromatic rings. The number of esters is 4. The van der Waals surface area contributed by atoms with Gasteiger partial charge in [0.15, 0.2) is 11.5 Å². The van der Waals surface area contributed by atoms with Crippen molar-refractivity contribution in [1.29, 1.82) is 0 Å². The van der Waals surface area contributed by atoms with Gasteiger partial charge in [-0.25, -0.2) is 19.2 Å². The molecule has 2 aliphatic rings. The summed E-state index contributed by atoms with van der Waals surface area (Å²) in [5.74, 6) is -4.95. The lowest BCUT2D eigenvalue weighted by molar-refractivity contribution is -0.156. The van der Waals surface area contributed by atoms with Gasteiger partial charge in [-0.2, -0.15) is 0 Å². The zero-order valence-corrected chi connectivity index (χ0v) is 31.8. The van der Waals surface area contributed by atoms with Crippen LogP contribution in [-0.4, -0.2) is 37.1 Å². The molecule has 0 amide bonds. The standard InChI is InChI=1S/C34H36Cl6O8/c1-15(2)33(9-17(5)10-33)13-45-29(41)23-25(39)19(35)7-21(37)27(23)47-31(43)32(44)48-28-22(38)8-20(36)26(40)24(28)30(42)46-14-34(16(3)4)11-18(6)12-34/h7-8,15-18H,9-14H2,1-6H3. The van der Waals surface area contributed by atoms with Crippen LogP contribution in [0.4, 0.5) is 0 Å². The number of hydrogen-bond acceptors (Lipinski definition) is 8. The summed E-state index contributed by atoms with van der Waals surface area (Å²) in [5.41, 5.74) is -1.37. The van der Waals surface area contributed by atoms with Crippen LogP contribution in [0.25, 0.3) is 0 Å². The fourth-order valence-electron chi connectivity index (χ4n) is 6.72. The van der Waals surface area contributed by atoms with Crippen LogP contribution in [0.2, 0.25) is 30.1 Å². The maximum atomic E-state index is 13.3. The molecule has 0 radical (unpaired) electrons. The number of hydrogen-bond donors (Lipinski definition) is 0. The topological polar surface area (TPSA) is 105 Å². The van der Waals surface area contributed by atoms with Gasteiger partial charge in [-0.1, -0.05) is 111 Å². The second-order valence-corrected chi connectivity index (χ2v) is 16.1. The molecular formula is C34H36Cl6O8. The molecule has 2 aromatic carbocycles. The van der Waals surface area contributed by atoms with Crippen LogP contribution in [0.1, 0.15) is 87.9 Å². The lowest BCUT2D eigenvalue weighted by Crippen LogP contribution is -2.44. The molecule has 0 unspecified atom stereocenters. The predicted octanol–water partition coefficient (Wildman–Crippen LogP) is 10.6. The molecule has 0 spiro atoms. The van der Waals surface area contributed by atoms with Crippen LogP contribution >= 0.6 is 69.6 Å². The Morgan fingerprint density at radius 3 is 1.21 bits per heavy atom. The third-order valence-electron chi connectivity index (χ3n) is 9.67. The highest BCUT2D eigenvalue weighted by atomic mass is 35.5. The van der Waals surface area contributed by atoms with Gasteiger partial charge in [0.25, 0.3) is 0 Å². The van der Waals surface area contributed by atoms with Gasteiger partial charge in [-0.05, 0) is 61.5 Å². The Morgan fingerprint density at radius 1 is 0.625 bits per heavy atom. The van der Waals surface area contributed by atoms with E-state index < -0.39 is 46.5 Å². The highest BCUT2D eigenvalue weighted by Gasteiger charge is 2.47. The van der Waals surface area contributed by atoms with Crippen LogP contribution in [0.3, 0.4) is 0 Å². The second kappa shape index (κ2) is 15.1. The van der Waals surface area contributed by atoms with Crippen LogP contribution < -0.4 is 9.47 Å². The Hall–Kier alpha value is -1.94. The minimum atomic E-state index is -1.64. The highest BCUT2D eigenvalue weighted by Crippen LogP contribution is 2.52. The molecule has 262 valence electrons. The van der Waals surface area contributed by atoms with Crippen LogP contribution in [0.15, 0.2) is 12.1 Å². The number of carbonyl (C=O) groups is 4. The first-order valence-electron chi connectivity index (χ1n) is 15.5. The fourth-order valence-corrected chi connectivity index (χ4v) is 8.16. The molecule has 4 rings (SSSR count). The molecule has 0 saturated heterocycles. The van der Waals surface area contributed by atoms with Crippen molar-refractivity contribution in [2.24, 2.45) is 34.5 Å². The maximum absolute atomic E-state index is 13.3. The molecule has 0 heterocycles. The molecule has 0 aliphatic heterocycles. The SMILES string of the molecule is CC1CC(COC(=O)c2c(Cl)c(Cl)cc(Cl)c2OC(=O)C(=O)Oc2c(Cl)cc(Cl)c(Cl)c2C(=O)OCC2(C(C)C)CC(C)C2)(C(C)C)C1. The van der Waals surface area contributed by atoms with Crippen molar-refractivity contribution in [3.05, 3.63) is 53.4 Å². The van der Waals surface area contributed by atoms with E-state index in [1.807, 2.05) is 27.7 Å². The number of rotatable bonds is 10. The summed E-state index contributed by atoms with van der Waals surface area (Å²) in [6, 6.07) is 2.27. The largest absolute Gasteiger partial charge is 0.461 e. The smallest absolute Gasteiger partial charge is 0.423 e. The maximum Gasteiger partial charge on any atom is 0.423 e. The zero-order chi connectivity index (χ0) is 35.9. The third kappa shape index (κ3) is 7.84. The van der Waals surface area contributed by atoms with E-state index >= 15 is 0 Å². The second-order valence-electron chi connectivity index (χ2n) is 13.7. The summed E-state index contributed by atoms with van der Waals surface area (Å²) in [4.78, 5) is 52.9. The number of halogens is 6. The summed E-state index contributed by atoms with van der Waals surface area (Å²) < 4.78 is 21.7. The van der Waals surface area contributed by atoms with E-state index in [9.17, 15) is 19.2 Å². The normalized spacial score (nSPS) is 23.3. The molecule has 48 heavy (non-hydrogen) atoms. The lowest BCUT2D eigenvalue weighted by Gasteiger charge is -2.49. The summed E-state index contributed by atoms with van der Waals surface area (Å²) in [6.07, 6.45) is 3.45. The molecule has 0 N–H and O–H groups in total. The molecule has 14 heteroatoms. The van der Waals surface area contributed by atoms with Crippen molar-refractivity contribution in [1.82, 2.24) is 0 Å². The van der Waals surface area contributed by atoms with E-state index in [-0.39, 0.29) is 66.0 Å². The number of benzene rings is 2. The van der Waals surface area contributed by atoms with Gasteiger partial charge in [0.2, 0.25) is 0 Å². The van der Waals surface area contributed by atoms with Gasteiger partial charge in [0.05, 0.1) is 43.3 Å². The molecule has 8 nitrogen and oxygen atoms in total.